The van der Waals surface area contributed by atoms with Crippen molar-refractivity contribution in [3.8, 4) is 0 Å². The lowest BCUT2D eigenvalue weighted by molar-refractivity contribution is -0.248. The zero-order valence-corrected chi connectivity index (χ0v) is 14.3. The Labute approximate surface area is 147 Å². The number of alkyl halides is 6. The lowest BCUT2D eigenvalue weighted by Crippen LogP contribution is -2.61. The van der Waals surface area contributed by atoms with Gasteiger partial charge in [-0.25, -0.2) is 0 Å². The average molecular weight is 448 g/mol. The van der Waals surface area contributed by atoms with Gasteiger partial charge in [-0.3, -0.25) is 13.5 Å². The molecule has 2 bridgehead atoms. The van der Waals surface area contributed by atoms with Crippen LogP contribution in [0.3, 0.4) is 0 Å². The zero-order chi connectivity index (χ0) is 20.8. The van der Waals surface area contributed by atoms with Crippen molar-refractivity contribution in [3.63, 3.8) is 0 Å². The Morgan fingerprint density at radius 2 is 1.56 bits per heavy atom. The molecule has 3 aliphatic rings. The van der Waals surface area contributed by atoms with Crippen LogP contribution in [0.5, 0.6) is 0 Å². The predicted molar refractivity (Wildman–Crippen MR) is 69.8 cm³/mol. The molecular formula is C11H10F6O8S2. The molecule has 5 atom stereocenters. The van der Waals surface area contributed by atoms with Crippen LogP contribution >= 0.6 is 0 Å². The second-order valence-corrected chi connectivity index (χ2v) is 9.58. The van der Waals surface area contributed by atoms with Gasteiger partial charge in [-0.05, 0) is 18.8 Å². The number of carbonyl (C=O) groups is 1. The summed E-state index contributed by atoms with van der Waals surface area (Å²) >= 11 is 0. The second kappa shape index (κ2) is 5.48. The van der Waals surface area contributed by atoms with Gasteiger partial charge in [-0.2, -0.15) is 43.2 Å². The molecule has 0 spiro atoms. The summed E-state index contributed by atoms with van der Waals surface area (Å²) in [4.78, 5) is 11.5. The Kier molecular flexibility index (Phi) is 4.18. The van der Waals surface area contributed by atoms with Gasteiger partial charge in [0.2, 0.25) is 0 Å². The second-order valence-electron chi connectivity index (χ2n) is 6.50. The minimum Gasteiger partial charge on any atom is -0.459 e. The van der Waals surface area contributed by atoms with Gasteiger partial charge in [0, 0.05) is 5.92 Å². The van der Waals surface area contributed by atoms with E-state index in [1.165, 1.54) is 0 Å². The number of rotatable bonds is 6. The molecule has 0 radical (unpaired) electrons. The molecule has 16 heteroatoms. The average Bonchev–Trinajstić information content (AvgIpc) is 3.10. The smallest absolute Gasteiger partial charge is 0.439 e. The molecule has 8 nitrogen and oxygen atoms in total. The van der Waals surface area contributed by atoms with E-state index in [0.717, 1.165) is 0 Å². The summed E-state index contributed by atoms with van der Waals surface area (Å²) < 4.78 is 142. The maximum absolute atomic E-state index is 13.8. The molecule has 2 aliphatic carbocycles. The first-order chi connectivity index (χ1) is 12.0. The van der Waals surface area contributed by atoms with Gasteiger partial charge in [0.25, 0.3) is 0 Å². The molecule has 1 aliphatic heterocycles. The fourth-order valence-electron chi connectivity index (χ4n) is 3.73. The van der Waals surface area contributed by atoms with Crippen LogP contribution in [0.4, 0.5) is 26.3 Å². The van der Waals surface area contributed by atoms with Crippen LogP contribution in [0, 0.1) is 17.8 Å². The Morgan fingerprint density at radius 3 is 2.07 bits per heavy atom. The molecule has 156 valence electrons. The topological polar surface area (TPSA) is 124 Å². The SMILES string of the molecule is O=C1OC2C3CC(CC13)C2OS(=O)(=O)C(F)(F)C(F)(F)C(F)(F)S(=O)(=O)O. The van der Waals surface area contributed by atoms with Crippen molar-refractivity contribution in [3.05, 3.63) is 0 Å². The number of ether oxygens (including phenoxy) is 1. The van der Waals surface area contributed by atoms with Crippen LogP contribution in [0.2, 0.25) is 0 Å². The lowest BCUT2D eigenvalue weighted by Gasteiger charge is -2.32. The van der Waals surface area contributed by atoms with E-state index in [1.807, 2.05) is 0 Å². The Hall–Kier alpha value is -1.13. The molecule has 2 saturated carbocycles. The number of fused-ring (bicyclic) bond motifs is 1. The summed E-state index contributed by atoms with van der Waals surface area (Å²) in [6.07, 6.45) is -3.04. The fourth-order valence-corrected chi connectivity index (χ4v) is 5.37. The quantitative estimate of drug-likeness (QED) is 0.276. The highest BCUT2D eigenvalue weighted by Gasteiger charge is 2.83. The van der Waals surface area contributed by atoms with E-state index >= 15 is 0 Å². The van der Waals surface area contributed by atoms with Gasteiger partial charge in [0.15, 0.2) is 0 Å². The van der Waals surface area contributed by atoms with Gasteiger partial charge < -0.3 is 4.74 Å². The van der Waals surface area contributed by atoms with Crippen LogP contribution < -0.4 is 0 Å². The summed E-state index contributed by atoms with van der Waals surface area (Å²) in [6.45, 7) is 0. The molecule has 3 fully saturated rings. The summed E-state index contributed by atoms with van der Waals surface area (Å²) in [5, 5.41) is -13.6. The first-order valence-corrected chi connectivity index (χ1v) is 10.0. The summed E-state index contributed by atoms with van der Waals surface area (Å²) in [6, 6.07) is 0. The van der Waals surface area contributed by atoms with Crippen molar-refractivity contribution in [2.75, 3.05) is 0 Å². The highest BCUT2D eigenvalue weighted by Crippen LogP contribution is 2.57. The molecule has 0 aromatic carbocycles. The van der Waals surface area contributed by atoms with Gasteiger partial charge in [0.1, 0.15) is 12.2 Å². The third-order valence-corrected chi connectivity index (χ3v) is 7.28. The molecule has 0 aromatic heterocycles. The Bertz CT molecular complexity index is 885. The molecule has 1 saturated heterocycles. The van der Waals surface area contributed by atoms with E-state index in [-0.39, 0.29) is 12.8 Å². The number of esters is 1. The molecule has 5 unspecified atom stereocenters. The van der Waals surface area contributed by atoms with Crippen LogP contribution in [0.15, 0.2) is 0 Å². The number of hydrogen-bond acceptors (Lipinski definition) is 7. The lowest BCUT2D eigenvalue weighted by atomic mass is 9.88. The van der Waals surface area contributed by atoms with Crippen molar-refractivity contribution in [1.29, 1.82) is 0 Å². The maximum atomic E-state index is 13.8. The molecule has 3 rings (SSSR count). The van der Waals surface area contributed by atoms with E-state index in [1.54, 1.807) is 0 Å². The minimum absolute atomic E-state index is 0.0245. The van der Waals surface area contributed by atoms with Crippen molar-refractivity contribution in [1.82, 2.24) is 0 Å². The maximum Gasteiger partial charge on any atom is 0.439 e. The number of hydrogen-bond donors (Lipinski definition) is 1. The van der Waals surface area contributed by atoms with Gasteiger partial charge >= 0.3 is 42.6 Å². The molecule has 0 aromatic rings. The van der Waals surface area contributed by atoms with Gasteiger partial charge in [-0.15, -0.1) is 0 Å². The highest BCUT2D eigenvalue weighted by molar-refractivity contribution is 7.88. The normalized spacial score (nSPS) is 34.2. The van der Waals surface area contributed by atoms with Crippen LogP contribution in [0.1, 0.15) is 12.8 Å². The summed E-state index contributed by atoms with van der Waals surface area (Å²) in [5.41, 5.74) is 0. The third-order valence-electron chi connectivity index (χ3n) is 5.02. The first-order valence-electron chi connectivity index (χ1n) is 7.19. The standard InChI is InChI=1S/C11H10F6O8S2/c12-9(13,10(14,15)26(19,20)21)11(16,17)27(22,23)25-6-3-1-4-5(2-3)8(18)24-7(4)6/h3-7H,1-2H2,(H,19,20,21). The van der Waals surface area contributed by atoms with E-state index in [9.17, 15) is 48.0 Å². The first kappa shape index (κ1) is 20.6. The van der Waals surface area contributed by atoms with Crippen molar-refractivity contribution in [2.24, 2.45) is 17.8 Å². The molecule has 0 amide bonds. The van der Waals surface area contributed by atoms with Crippen molar-refractivity contribution in [2.45, 2.75) is 41.5 Å². The predicted octanol–water partition coefficient (Wildman–Crippen LogP) is 0.992. The van der Waals surface area contributed by atoms with Crippen molar-refractivity contribution < 1.29 is 61.4 Å². The van der Waals surface area contributed by atoms with Crippen LogP contribution in [-0.2, 0) is 34.0 Å². The third kappa shape index (κ3) is 2.52. The molecule has 27 heavy (non-hydrogen) atoms. The fraction of sp³-hybridized carbons (Fsp3) is 0.909. The van der Waals surface area contributed by atoms with Gasteiger partial charge in [0.05, 0.1) is 5.92 Å². The van der Waals surface area contributed by atoms with Gasteiger partial charge in [-0.1, -0.05) is 0 Å². The van der Waals surface area contributed by atoms with E-state index < -0.39 is 72.6 Å². The van der Waals surface area contributed by atoms with Crippen LogP contribution in [-0.4, -0.2) is 56.0 Å². The van der Waals surface area contributed by atoms with Crippen LogP contribution in [0.25, 0.3) is 0 Å². The largest absolute Gasteiger partial charge is 0.459 e. The Balaban J connectivity index is 1.91. The van der Waals surface area contributed by atoms with E-state index in [0.29, 0.717) is 0 Å². The summed E-state index contributed by atoms with van der Waals surface area (Å²) in [5.74, 6) is -9.85. The highest BCUT2D eigenvalue weighted by atomic mass is 32.2. The molecular weight excluding hydrogens is 438 g/mol. The number of carbonyl (C=O) groups excluding carboxylic acids is 1. The molecule has 1 heterocycles. The van der Waals surface area contributed by atoms with Crippen molar-refractivity contribution >= 4 is 26.2 Å². The van der Waals surface area contributed by atoms with E-state index in [2.05, 4.69) is 4.18 Å². The monoisotopic (exact) mass is 448 g/mol. The summed E-state index contributed by atoms with van der Waals surface area (Å²) in [7, 11) is -13.9. The zero-order valence-electron chi connectivity index (χ0n) is 12.7. The number of halogens is 6. The minimum atomic E-state index is -7.11. The molecule has 1 N–H and O–H groups in total. The Morgan fingerprint density at radius 1 is 1.00 bits per heavy atom. The van der Waals surface area contributed by atoms with E-state index in [4.69, 9.17) is 9.29 Å².